The van der Waals surface area contributed by atoms with Gasteiger partial charge in [-0.3, -0.25) is 0 Å². The van der Waals surface area contributed by atoms with Crippen LogP contribution >= 0.6 is 0 Å². The largest absolute Gasteiger partial charge is 0.463 e. The minimum atomic E-state index is 0.486. The second-order valence-corrected chi connectivity index (χ2v) is 1.66. The zero-order valence-electron chi connectivity index (χ0n) is 5.03. The number of furan rings is 1. The fourth-order valence-corrected chi connectivity index (χ4v) is 0.534. The Hall–Kier alpha value is -1.25. The maximum atomic E-state index is 8.23. The summed E-state index contributed by atoms with van der Waals surface area (Å²) in [6.07, 6.45) is 1.53. The Morgan fingerprint density at radius 1 is 1.78 bits per heavy atom. The van der Waals surface area contributed by atoms with Gasteiger partial charge in [0.25, 0.3) is 0 Å². The van der Waals surface area contributed by atoms with E-state index < -0.39 is 0 Å². The van der Waals surface area contributed by atoms with Crippen LogP contribution in [0.5, 0.6) is 0 Å². The van der Waals surface area contributed by atoms with Crippen molar-refractivity contribution < 1.29 is 9.62 Å². The van der Waals surface area contributed by atoms with Gasteiger partial charge in [0.15, 0.2) is 5.76 Å². The highest BCUT2D eigenvalue weighted by Crippen LogP contribution is 2.00. The van der Waals surface area contributed by atoms with E-state index in [1.807, 2.05) is 0 Å². The van der Waals surface area contributed by atoms with Crippen LogP contribution in [0.15, 0.2) is 28.0 Å². The Kier molecular flexibility index (Phi) is 1.53. The Morgan fingerprint density at radius 3 is 3.00 bits per heavy atom. The third-order valence-electron chi connectivity index (χ3n) is 1.03. The monoisotopic (exact) mass is 125 g/mol. The van der Waals surface area contributed by atoms with Gasteiger partial charge in [-0.1, -0.05) is 5.16 Å². The Bertz CT molecular complexity index is 201. The average Bonchev–Trinajstić information content (AvgIpc) is 2.37. The highest BCUT2D eigenvalue weighted by Gasteiger charge is 1.97. The number of oxime groups is 1. The quantitative estimate of drug-likeness (QED) is 0.351. The van der Waals surface area contributed by atoms with Gasteiger partial charge in [0.05, 0.1) is 6.26 Å². The van der Waals surface area contributed by atoms with Gasteiger partial charge in [-0.25, -0.2) is 0 Å². The zero-order valence-corrected chi connectivity index (χ0v) is 5.03. The summed E-state index contributed by atoms with van der Waals surface area (Å²) in [5.41, 5.74) is 0.486. The molecule has 1 rings (SSSR count). The summed E-state index contributed by atoms with van der Waals surface area (Å²) in [7, 11) is 0. The summed E-state index contributed by atoms with van der Waals surface area (Å²) in [5.74, 6) is 0.595. The molecule has 0 fully saturated rings. The molecule has 0 amide bonds. The number of hydrogen-bond acceptors (Lipinski definition) is 3. The molecule has 1 N–H and O–H groups in total. The highest BCUT2D eigenvalue weighted by molar-refractivity contribution is 5.95. The van der Waals surface area contributed by atoms with E-state index in [9.17, 15) is 0 Å². The molecule has 3 heteroatoms. The standard InChI is InChI=1S/C6H7NO2/c1-5(7-8)6-3-2-4-9-6/h2-4,8H,1H3. The van der Waals surface area contributed by atoms with Crippen LogP contribution in [-0.4, -0.2) is 10.9 Å². The van der Waals surface area contributed by atoms with E-state index in [0.29, 0.717) is 11.5 Å². The minimum Gasteiger partial charge on any atom is -0.463 e. The maximum absolute atomic E-state index is 8.23. The van der Waals surface area contributed by atoms with E-state index >= 15 is 0 Å². The first-order valence-corrected chi connectivity index (χ1v) is 2.57. The predicted octanol–water partition coefficient (Wildman–Crippen LogP) is 1.48. The number of hydrogen-bond donors (Lipinski definition) is 1. The average molecular weight is 125 g/mol. The smallest absolute Gasteiger partial charge is 0.151 e. The Balaban J connectivity index is 2.90. The van der Waals surface area contributed by atoms with Gasteiger partial charge in [-0.05, 0) is 19.1 Å². The maximum Gasteiger partial charge on any atom is 0.151 e. The molecule has 0 aliphatic heterocycles. The number of rotatable bonds is 1. The first-order chi connectivity index (χ1) is 4.34. The van der Waals surface area contributed by atoms with Crippen molar-refractivity contribution in [2.75, 3.05) is 0 Å². The van der Waals surface area contributed by atoms with Gasteiger partial charge in [0.2, 0.25) is 0 Å². The lowest BCUT2D eigenvalue weighted by Gasteiger charge is -1.86. The molecule has 3 nitrogen and oxygen atoms in total. The summed E-state index contributed by atoms with van der Waals surface area (Å²) in [6.45, 7) is 1.67. The summed E-state index contributed by atoms with van der Waals surface area (Å²) >= 11 is 0. The van der Waals surface area contributed by atoms with Gasteiger partial charge in [-0.15, -0.1) is 0 Å². The third kappa shape index (κ3) is 1.10. The summed E-state index contributed by atoms with van der Waals surface area (Å²) in [6, 6.07) is 3.47. The molecule has 0 saturated carbocycles. The molecule has 48 valence electrons. The SMILES string of the molecule is CC(=NO)c1ccco1. The topological polar surface area (TPSA) is 45.7 Å². The molecule has 0 aliphatic rings. The van der Waals surface area contributed by atoms with Crippen molar-refractivity contribution in [2.24, 2.45) is 5.16 Å². The zero-order chi connectivity index (χ0) is 6.69. The lowest BCUT2D eigenvalue weighted by atomic mass is 10.3. The van der Waals surface area contributed by atoms with Crippen molar-refractivity contribution in [3.8, 4) is 0 Å². The third-order valence-corrected chi connectivity index (χ3v) is 1.03. The lowest BCUT2D eigenvalue weighted by molar-refractivity contribution is 0.317. The summed E-state index contributed by atoms with van der Waals surface area (Å²) < 4.78 is 4.90. The first kappa shape index (κ1) is 5.88. The van der Waals surface area contributed by atoms with Crippen LogP contribution in [0.2, 0.25) is 0 Å². The molecule has 0 aromatic carbocycles. The van der Waals surface area contributed by atoms with Crippen LogP contribution in [0, 0.1) is 0 Å². The molecule has 1 aromatic rings. The first-order valence-electron chi connectivity index (χ1n) is 2.57. The van der Waals surface area contributed by atoms with Crippen molar-refractivity contribution in [1.82, 2.24) is 0 Å². The van der Waals surface area contributed by atoms with E-state index in [0.717, 1.165) is 0 Å². The van der Waals surface area contributed by atoms with E-state index in [4.69, 9.17) is 9.62 Å². The molecule has 9 heavy (non-hydrogen) atoms. The van der Waals surface area contributed by atoms with Crippen LogP contribution in [0.1, 0.15) is 12.7 Å². The molecule has 1 aromatic heterocycles. The number of nitrogens with zero attached hydrogens (tertiary/aromatic N) is 1. The fourth-order valence-electron chi connectivity index (χ4n) is 0.534. The molecule has 0 bridgehead atoms. The van der Waals surface area contributed by atoms with E-state index in [1.54, 1.807) is 19.1 Å². The predicted molar refractivity (Wildman–Crippen MR) is 32.7 cm³/mol. The molecule has 0 aliphatic carbocycles. The summed E-state index contributed by atoms with van der Waals surface area (Å²) in [5, 5.41) is 11.2. The van der Waals surface area contributed by atoms with E-state index in [2.05, 4.69) is 5.16 Å². The van der Waals surface area contributed by atoms with Crippen LogP contribution in [0.25, 0.3) is 0 Å². The lowest BCUT2D eigenvalue weighted by Crippen LogP contribution is -1.89. The van der Waals surface area contributed by atoms with Crippen LogP contribution in [0.4, 0.5) is 0 Å². The van der Waals surface area contributed by atoms with Gasteiger partial charge >= 0.3 is 0 Å². The molecule has 0 spiro atoms. The van der Waals surface area contributed by atoms with Crippen molar-refractivity contribution in [3.63, 3.8) is 0 Å². The van der Waals surface area contributed by atoms with Crippen LogP contribution < -0.4 is 0 Å². The van der Waals surface area contributed by atoms with Crippen molar-refractivity contribution in [2.45, 2.75) is 6.92 Å². The molecule has 0 saturated heterocycles. The second kappa shape index (κ2) is 2.35. The van der Waals surface area contributed by atoms with Crippen LogP contribution in [0.3, 0.4) is 0 Å². The van der Waals surface area contributed by atoms with Crippen molar-refractivity contribution in [1.29, 1.82) is 0 Å². The molecule has 1 heterocycles. The molecular formula is C6H7NO2. The van der Waals surface area contributed by atoms with Crippen LogP contribution in [-0.2, 0) is 0 Å². The van der Waals surface area contributed by atoms with Gasteiger partial charge in [-0.2, -0.15) is 0 Å². The molecule has 0 atom stereocenters. The van der Waals surface area contributed by atoms with Crippen molar-refractivity contribution in [3.05, 3.63) is 24.2 Å². The van der Waals surface area contributed by atoms with Gasteiger partial charge in [0.1, 0.15) is 5.71 Å². The summed E-state index contributed by atoms with van der Waals surface area (Å²) in [4.78, 5) is 0. The van der Waals surface area contributed by atoms with E-state index in [-0.39, 0.29) is 0 Å². The van der Waals surface area contributed by atoms with E-state index in [1.165, 1.54) is 6.26 Å². The van der Waals surface area contributed by atoms with Gasteiger partial charge in [0, 0.05) is 0 Å². The minimum absolute atomic E-state index is 0.486. The van der Waals surface area contributed by atoms with Crippen molar-refractivity contribution >= 4 is 5.71 Å². The highest BCUT2D eigenvalue weighted by atomic mass is 16.4. The molecule has 0 unspecified atom stereocenters. The molecule has 0 radical (unpaired) electrons. The normalized spacial score (nSPS) is 11.9. The fraction of sp³-hybridized carbons (Fsp3) is 0.167. The Labute approximate surface area is 52.6 Å². The second-order valence-electron chi connectivity index (χ2n) is 1.66. The van der Waals surface area contributed by atoms with Gasteiger partial charge < -0.3 is 9.62 Å². The molecular weight excluding hydrogens is 118 g/mol. The Morgan fingerprint density at radius 2 is 2.56 bits per heavy atom.